The van der Waals surface area contributed by atoms with Crippen LogP contribution in [0.2, 0.25) is 0 Å². The van der Waals surface area contributed by atoms with Crippen LogP contribution in [0, 0.1) is 0 Å². The van der Waals surface area contributed by atoms with Crippen molar-refractivity contribution in [3.8, 4) is 0 Å². The zero-order valence-corrected chi connectivity index (χ0v) is 14.5. The minimum atomic E-state index is 0.0145. The number of rotatable bonds is 7. The lowest BCUT2D eigenvalue weighted by Crippen LogP contribution is -2.38. The molecule has 0 unspecified atom stereocenters. The molecule has 0 radical (unpaired) electrons. The van der Waals surface area contributed by atoms with E-state index in [4.69, 9.17) is 0 Å². The fourth-order valence-electron chi connectivity index (χ4n) is 2.93. The predicted octanol–water partition coefficient (Wildman–Crippen LogP) is 0.928. The summed E-state index contributed by atoms with van der Waals surface area (Å²) in [5.41, 5.74) is 1.86. The molecule has 1 aliphatic rings. The Bertz CT molecular complexity index is 722. The highest BCUT2D eigenvalue weighted by atomic mass is 16.2. The van der Waals surface area contributed by atoms with Crippen LogP contribution in [0.15, 0.2) is 24.8 Å². The largest absolute Gasteiger partial charge is 0.350 e. The van der Waals surface area contributed by atoms with Gasteiger partial charge < -0.3 is 14.8 Å². The summed E-state index contributed by atoms with van der Waals surface area (Å²) in [4.78, 5) is 29.7. The van der Waals surface area contributed by atoms with Crippen molar-refractivity contribution in [2.45, 2.75) is 52.4 Å². The van der Waals surface area contributed by atoms with Crippen molar-refractivity contribution in [3.63, 3.8) is 0 Å². The minimum Gasteiger partial charge on any atom is -0.350 e. The molecule has 0 saturated carbocycles. The van der Waals surface area contributed by atoms with E-state index in [1.54, 1.807) is 12.5 Å². The van der Waals surface area contributed by atoms with E-state index in [1.807, 2.05) is 33.3 Å². The summed E-state index contributed by atoms with van der Waals surface area (Å²) in [7, 11) is 0. The van der Waals surface area contributed by atoms with Crippen LogP contribution in [0.5, 0.6) is 0 Å². The lowest BCUT2D eigenvalue weighted by molar-refractivity contribution is -0.132. The Morgan fingerprint density at radius 1 is 1.32 bits per heavy atom. The van der Waals surface area contributed by atoms with E-state index in [9.17, 15) is 9.59 Å². The molecular formula is C17H24N6O2. The monoisotopic (exact) mass is 344 g/mol. The molecule has 2 aromatic heterocycles. The molecule has 0 fully saturated rings. The van der Waals surface area contributed by atoms with Crippen LogP contribution in [0.4, 0.5) is 0 Å². The lowest BCUT2D eigenvalue weighted by atomic mass is 10.2. The van der Waals surface area contributed by atoms with Crippen LogP contribution in [0.25, 0.3) is 0 Å². The average Bonchev–Trinajstić information content (AvgIpc) is 3.27. The number of imidazole rings is 1. The molecule has 8 heteroatoms. The van der Waals surface area contributed by atoms with Crippen LogP contribution < -0.4 is 5.32 Å². The van der Waals surface area contributed by atoms with E-state index in [0.717, 1.165) is 24.4 Å². The molecule has 3 heterocycles. The predicted molar refractivity (Wildman–Crippen MR) is 91.2 cm³/mol. The second kappa shape index (κ2) is 7.96. The van der Waals surface area contributed by atoms with Gasteiger partial charge >= 0.3 is 0 Å². The fourth-order valence-corrected chi connectivity index (χ4v) is 2.93. The van der Waals surface area contributed by atoms with E-state index in [2.05, 4.69) is 15.4 Å². The van der Waals surface area contributed by atoms with E-state index in [0.29, 0.717) is 39.0 Å². The van der Waals surface area contributed by atoms with E-state index in [-0.39, 0.29) is 11.8 Å². The third-order valence-electron chi connectivity index (χ3n) is 4.36. The molecule has 134 valence electrons. The fraction of sp³-hybridized carbons (Fsp3) is 0.529. The standard InChI is InChI=1S/C17H24N6O2/c1-2-16(24)19-11-14-10-15-12-22(8-9-23(15)20-14)17(25)4-3-6-21-7-5-18-13-21/h5,7,10,13H,2-4,6,8-9,11-12H2,1H3,(H,19,24). The van der Waals surface area contributed by atoms with Gasteiger partial charge in [0.2, 0.25) is 11.8 Å². The summed E-state index contributed by atoms with van der Waals surface area (Å²) >= 11 is 0. The second-order valence-electron chi connectivity index (χ2n) is 6.20. The lowest BCUT2D eigenvalue weighted by Gasteiger charge is -2.27. The molecule has 0 bridgehead atoms. The van der Waals surface area contributed by atoms with E-state index in [1.165, 1.54) is 0 Å². The number of fused-ring (bicyclic) bond motifs is 1. The van der Waals surface area contributed by atoms with Crippen LogP contribution in [0.3, 0.4) is 0 Å². The molecule has 2 aromatic rings. The van der Waals surface area contributed by atoms with Gasteiger partial charge in [-0.05, 0) is 12.5 Å². The van der Waals surface area contributed by atoms with Gasteiger partial charge in [0.05, 0.1) is 37.3 Å². The molecule has 3 rings (SSSR count). The summed E-state index contributed by atoms with van der Waals surface area (Å²) in [6.07, 6.45) is 7.22. The third kappa shape index (κ3) is 4.46. The number of nitrogens with zero attached hydrogens (tertiary/aromatic N) is 5. The first-order valence-corrected chi connectivity index (χ1v) is 8.71. The van der Waals surface area contributed by atoms with Gasteiger partial charge in [-0.2, -0.15) is 5.10 Å². The summed E-state index contributed by atoms with van der Waals surface area (Å²) in [5, 5.41) is 7.33. The van der Waals surface area contributed by atoms with Crippen molar-refractivity contribution in [2.75, 3.05) is 6.54 Å². The molecule has 0 atom stereocenters. The maximum absolute atomic E-state index is 12.4. The molecule has 1 aliphatic heterocycles. The van der Waals surface area contributed by atoms with Gasteiger partial charge in [-0.3, -0.25) is 14.3 Å². The molecule has 1 N–H and O–H groups in total. The van der Waals surface area contributed by atoms with Crippen molar-refractivity contribution < 1.29 is 9.59 Å². The average molecular weight is 344 g/mol. The van der Waals surface area contributed by atoms with Gasteiger partial charge in [0.25, 0.3) is 0 Å². The smallest absolute Gasteiger partial charge is 0.223 e. The zero-order valence-electron chi connectivity index (χ0n) is 14.5. The summed E-state index contributed by atoms with van der Waals surface area (Å²) in [6, 6.07) is 1.97. The highest BCUT2D eigenvalue weighted by molar-refractivity contribution is 5.76. The number of amides is 2. The highest BCUT2D eigenvalue weighted by Gasteiger charge is 2.22. The first-order valence-electron chi connectivity index (χ1n) is 8.71. The molecule has 0 spiro atoms. The summed E-state index contributed by atoms with van der Waals surface area (Å²) < 4.78 is 3.91. The number of hydrogen-bond donors (Lipinski definition) is 1. The van der Waals surface area contributed by atoms with Crippen LogP contribution in [-0.2, 0) is 35.8 Å². The molecule has 8 nitrogen and oxygen atoms in total. The number of hydrogen-bond acceptors (Lipinski definition) is 4. The maximum Gasteiger partial charge on any atom is 0.223 e. The first kappa shape index (κ1) is 17.2. The van der Waals surface area contributed by atoms with Crippen molar-refractivity contribution >= 4 is 11.8 Å². The Kier molecular flexibility index (Phi) is 5.47. The summed E-state index contributed by atoms with van der Waals surface area (Å²) in [5.74, 6) is 0.189. The van der Waals surface area contributed by atoms with Gasteiger partial charge in [0, 0.05) is 38.3 Å². The maximum atomic E-state index is 12.4. The Balaban J connectivity index is 1.49. The number of carbonyl (C=O) groups excluding carboxylic acids is 2. The Labute approximate surface area is 146 Å². The number of aromatic nitrogens is 4. The van der Waals surface area contributed by atoms with Gasteiger partial charge in [0.1, 0.15) is 0 Å². The zero-order chi connectivity index (χ0) is 17.6. The molecular weight excluding hydrogens is 320 g/mol. The van der Waals surface area contributed by atoms with Crippen LogP contribution in [0.1, 0.15) is 37.6 Å². The number of aryl methyl sites for hydroxylation is 1. The second-order valence-corrected chi connectivity index (χ2v) is 6.20. The summed E-state index contributed by atoms with van der Waals surface area (Å²) in [6.45, 7) is 5.02. The number of nitrogens with one attached hydrogen (secondary N) is 1. The van der Waals surface area contributed by atoms with Crippen molar-refractivity contribution in [2.24, 2.45) is 0 Å². The van der Waals surface area contributed by atoms with Crippen LogP contribution >= 0.6 is 0 Å². The van der Waals surface area contributed by atoms with E-state index >= 15 is 0 Å². The Morgan fingerprint density at radius 2 is 2.20 bits per heavy atom. The Morgan fingerprint density at radius 3 is 2.96 bits per heavy atom. The van der Waals surface area contributed by atoms with E-state index < -0.39 is 0 Å². The highest BCUT2D eigenvalue weighted by Crippen LogP contribution is 2.15. The number of carbonyl (C=O) groups is 2. The van der Waals surface area contributed by atoms with Gasteiger partial charge in [-0.25, -0.2) is 4.98 Å². The molecule has 0 aromatic carbocycles. The molecule has 0 saturated heterocycles. The normalized spacial score (nSPS) is 13.6. The topological polar surface area (TPSA) is 85.0 Å². The minimum absolute atomic E-state index is 0.0145. The van der Waals surface area contributed by atoms with Crippen LogP contribution in [-0.4, -0.2) is 42.6 Å². The van der Waals surface area contributed by atoms with Gasteiger partial charge in [-0.15, -0.1) is 0 Å². The van der Waals surface area contributed by atoms with Gasteiger partial charge in [0.15, 0.2) is 0 Å². The molecule has 2 amide bonds. The third-order valence-corrected chi connectivity index (χ3v) is 4.36. The molecule has 0 aliphatic carbocycles. The van der Waals surface area contributed by atoms with Crippen molar-refractivity contribution in [1.29, 1.82) is 0 Å². The Hall–Kier alpha value is -2.64. The van der Waals surface area contributed by atoms with Gasteiger partial charge in [-0.1, -0.05) is 6.92 Å². The first-order chi connectivity index (χ1) is 12.2. The van der Waals surface area contributed by atoms with Crippen molar-refractivity contribution in [3.05, 3.63) is 36.2 Å². The van der Waals surface area contributed by atoms with Crippen molar-refractivity contribution in [1.82, 2.24) is 29.5 Å². The molecule has 25 heavy (non-hydrogen) atoms. The SMILES string of the molecule is CCC(=O)NCc1cc2n(n1)CCN(C(=O)CCCn1ccnc1)C2. The quantitative estimate of drug-likeness (QED) is 0.810.